The maximum atomic E-state index is 9.27. The van der Waals surface area contributed by atoms with E-state index in [-0.39, 0.29) is 11.8 Å². The third-order valence-corrected chi connectivity index (χ3v) is 11.0. The fourth-order valence-electron chi connectivity index (χ4n) is 7.32. The van der Waals surface area contributed by atoms with Gasteiger partial charge in [-0.3, -0.25) is 9.97 Å². The molecular formula is C44H40N8O2. The molecule has 2 aromatic carbocycles. The lowest BCUT2D eigenvalue weighted by molar-refractivity contribution is 0.282. The van der Waals surface area contributed by atoms with Crippen LogP contribution in [-0.2, 0) is 12.8 Å². The van der Waals surface area contributed by atoms with Crippen LogP contribution >= 0.6 is 0 Å². The van der Waals surface area contributed by atoms with Gasteiger partial charge in [-0.1, -0.05) is 98.7 Å². The van der Waals surface area contributed by atoms with Crippen molar-refractivity contribution in [1.29, 1.82) is 10.5 Å². The molecule has 268 valence electrons. The molecule has 6 aromatic rings. The summed E-state index contributed by atoms with van der Waals surface area (Å²) in [5.41, 5.74) is 9.57. The van der Waals surface area contributed by atoms with E-state index in [1.165, 1.54) is 0 Å². The van der Waals surface area contributed by atoms with Crippen molar-refractivity contribution in [3.05, 3.63) is 143 Å². The summed E-state index contributed by atoms with van der Waals surface area (Å²) >= 11 is 0. The number of rotatable bonds is 6. The predicted molar refractivity (Wildman–Crippen MR) is 205 cm³/mol. The molecule has 0 saturated heterocycles. The van der Waals surface area contributed by atoms with Gasteiger partial charge in [-0.2, -0.15) is 10.5 Å². The smallest absolute Gasteiger partial charge is 0.161 e. The van der Waals surface area contributed by atoms with E-state index < -0.39 is 0 Å². The Hall–Kier alpha value is -6.52. The summed E-state index contributed by atoms with van der Waals surface area (Å²) in [5.74, 6) is 3.21. The van der Waals surface area contributed by atoms with Gasteiger partial charge in [-0.05, 0) is 66.5 Å². The molecule has 4 aromatic heterocycles. The highest BCUT2D eigenvalue weighted by molar-refractivity contribution is 5.71. The first-order valence-corrected chi connectivity index (χ1v) is 18.2. The summed E-state index contributed by atoms with van der Waals surface area (Å²) in [5, 5.41) is 34.6. The Bertz CT molecular complexity index is 2190. The SMILES string of the molecule is C[C@H]1[C@H](/C=C/c2ccc(-c3ccccc3C#N)cn2)c2nnoc2C[C@@H]1C.C[C@H]1[C@H](/C=C/c2ccc(-c3ccccc3C#N)cn2)c2nonc2C[C@@H]1C. The maximum Gasteiger partial charge on any atom is 0.161 e. The highest BCUT2D eigenvalue weighted by atomic mass is 16.6. The van der Waals surface area contributed by atoms with E-state index in [9.17, 15) is 10.5 Å². The number of hydrogen-bond acceptors (Lipinski definition) is 10. The molecule has 0 N–H and O–H groups in total. The highest BCUT2D eigenvalue weighted by Crippen LogP contribution is 2.40. The quantitative estimate of drug-likeness (QED) is 0.163. The van der Waals surface area contributed by atoms with E-state index in [0.717, 1.165) is 69.3 Å². The molecule has 10 heteroatoms. The Labute approximate surface area is 314 Å². The van der Waals surface area contributed by atoms with E-state index in [1.54, 1.807) is 0 Å². The number of aromatic nitrogens is 6. The molecule has 0 amide bonds. The van der Waals surface area contributed by atoms with E-state index in [2.05, 4.69) is 82.6 Å². The third kappa shape index (κ3) is 7.51. The molecule has 4 heterocycles. The second-order valence-corrected chi connectivity index (χ2v) is 14.3. The Morgan fingerprint density at radius 1 is 0.648 bits per heavy atom. The summed E-state index contributed by atoms with van der Waals surface area (Å²) < 4.78 is 10.3. The Morgan fingerprint density at radius 2 is 1.19 bits per heavy atom. The molecule has 0 fully saturated rings. The maximum absolute atomic E-state index is 9.27. The lowest BCUT2D eigenvalue weighted by Gasteiger charge is -2.29. The molecule has 10 nitrogen and oxygen atoms in total. The van der Waals surface area contributed by atoms with Crippen LogP contribution < -0.4 is 0 Å². The van der Waals surface area contributed by atoms with Gasteiger partial charge in [0.15, 0.2) is 5.76 Å². The summed E-state index contributed by atoms with van der Waals surface area (Å²) in [6.45, 7) is 8.96. The van der Waals surface area contributed by atoms with Crippen molar-refractivity contribution in [2.75, 3.05) is 0 Å². The summed E-state index contributed by atoms with van der Waals surface area (Å²) in [4.78, 5) is 9.09. The van der Waals surface area contributed by atoms with E-state index in [4.69, 9.17) is 9.15 Å². The van der Waals surface area contributed by atoms with Gasteiger partial charge >= 0.3 is 0 Å². The van der Waals surface area contributed by atoms with Gasteiger partial charge in [-0.15, -0.1) is 5.10 Å². The van der Waals surface area contributed by atoms with Crippen molar-refractivity contribution in [3.8, 4) is 34.4 Å². The fourth-order valence-corrected chi connectivity index (χ4v) is 7.32. The number of allylic oxidation sites excluding steroid dienone is 2. The minimum absolute atomic E-state index is 0.177. The predicted octanol–water partition coefficient (Wildman–Crippen LogP) is 9.26. The number of nitrogens with zero attached hydrogens (tertiary/aromatic N) is 8. The molecule has 0 aliphatic heterocycles. The average Bonchev–Trinajstić information content (AvgIpc) is 3.88. The molecule has 0 saturated carbocycles. The number of fused-ring (bicyclic) bond motifs is 2. The summed E-state index contributed by atoms with van der Waals surface area (Å²) in [6, 6.07) is 27.5. The molecule has 6 atom stereocenters. The van der Waals surface area contributed by atoms with Crippen molar-refractivity contribution in [2.45, 2.75) is 52.4 Å². The van der Waals surface area contributed by atoms with Crippen molar-refractivity contribution in [2.24, 2.45) is 23.7 Å². The van der Waals surface area contributed by atoms with Crippen LogP contribution in [0.5, 0.6) is 0 Å². The van der Waals surface area contributed by atoms with Crippen LogP contribution in [0, 0.1) is 46.3 Å². The first-order valence-electron chi connectivity index (χ1n) is 18.2. The van der Waals surface area contributed by atoms with Crippen molar-refractivity contribution < 1.29 is 9.15 Å². The minimum Gasteiger partial charge on any atom is -0.342 e. The first kappa shape index (κ1) is 35.9. The lowest BCUT2D eigenvalue weighted by Crippen LogP contribution is -2.24. The third-order valence-electron chi connectivity index (χ3n) is 11.0. The van der Waals surface area contributed by atoms with E-state index in [1.807, 2.05) is 97.3 Å². The van der Waals surface area contributed by atoms with Crippen LogP contribution in [0.4, 0.5) is 0 Å². The molecule has 2 aliphatic rings. The molecule has 2 aliphatic carbocycles. The van der Waals surface area contributed by atoms with Crippen LogP contribution in [0.2, 0.25) is 0 Å². The fraction of sp³-hybridized carbons (Fsp3) is 0.273. The van der Waals surface area contributed by atoms with Crippen LogP contribution in [-0.4, -0.2) is 30.7 Å². The Balaban J connectivity index is 0.000000167. The zero-order valence-electron chi connectivity index (χ0n) is 30.7. The Morgan fingerprint density at radius 3 is 1.72 bits per heavy atom. The van der Waals surface area contributed by atoms with Gasteiger partial charge < -0.3 is 4.52 Å². The molecule has 0 radical (unpaired) electrons. The van der Waals surface area contributed by atoms with Crippen molar-refractivity contribution in [1.82, 2.24) is 30.7 Å². The Kier molecular flexibility index (Phi) is 10.6. The zero-order chi connectivity index (χ0) is 37.6. The van der Waals surface area contributed by atoms with Crippen LogP contribution in [0.1, 0.15) is 84.9 Å². The monoisotopic (exact) mass is 712 g/mol. The van der Waals surface area contributed by atoms with E-state index in [0.29, 0.717) is 34.8 Å². The minimum atomic E-state index is 0.177. The van der Waals surface area contributed by atoms with Crippen LogP contribution in [0.15, 0.2) is 106 Å². The molecule has 0 spiro atoms. The highest BCUT2D eigenvalue weighted by Gasteiger charge is 2.35. The number of nitriles is 2. The van der Waals surface area contributed by atoms with Gasteiger partial charge in [0.25, 0.3) is 0 Å². The standard InChI is InChI=1S/2C22H20N4O/c1-14-11-21-22(25-26-27-21)19(15(14)2)10-9-18-8-7-17(13-24-18)20-6-4-3-5-16(20)12-23;1-14-11-21-22(26-27-25-21)19(15(14)2)10-9-18-8-7-17(13-24-18)20-6-4-3-5-16(20)12-23/h2*3-10,13-15,19H,11H2,1-2H3/b2*10-9+/t2*14-,15+,19-/m00/s1. The lowest BCUT2D eigenvalue weighted by atomic mass is 9.74. The molecular weight excluding hydrogens is 673 g/mol. The van der Waals surface area contributed by atoms with Crippen LogP contribution in [0.3, 0.4) is 0 Å². The molecule has 0 bridgehead atoms. The van der Waals surface area contributed by atoms with Gasteiger partial charge in [0.2, 0.25) is 0 Å². The zero-order valence-corrected chi connectivity index (χ0v) is 30.7. The van der Waals surface area contributed by atoms with Crippen LogP contribution in [0.25, 0.3) is 34.4 Å². The molecule has 54 heavy (non-hydrogen) atoms. The average molecular weight is 713 g/mol. The topological polar surface area (TPSA) is 151 Å². The van der Waals surface area contributed by atoms with Gasteiger partial charge in [-0.25, -0.2) is 4.63 Å². The summed E-state index contributed by atoms with van der Waals surface area (Å²) in [6.07, 6.45) is 13.8. The molecule has 0 unspecified atom stereocenters. The van der Waals surface area contributed by atoms with Gasteiger partial charge in [0.1, 0.15) is 17.1 Å². The van der Waals surface area contributed by atoms with E-state index >= 15 is 0 Å². The first-order chi connectivity index (χ1) is 26.3. The van der Waals surface area contributed by atoms with Gasteiger partial charge in [0.05, 0.1) is 34.7 Å². The second-order valence-electron chi connectivity index (χ2n) is 14.3. The normalized spacial score (nSPS) is 21.7. The number of benzene rings is 2. The second kappa shape index (κ2) is 16.0. The van der Waals surface area contributed by atoms with Gasteiger partial charge in [0, 0.05) is 58.2 Å². The number of hydrogen-bond donors (Lipinski definition) is 0. The molecule has 8 rings (SSSR count). The van der Waals surface area contributed by atoms with Crippen molar-refractivity contribution >= 4 is 12.2 Å². The largest absolute Gasteiger partial charge is 0.342 e. The number of pyridine rings is 2. The summed E-state index contributed by atoms with van der Waals surface area (Å²) in [7, 11) is 0. The van der Waals surface area contributed by atoms with Crippen molar-refractivity contribution in [3.63, 3.8) is 0 Å².